The summed E-state index contributed by atoms with van der Waals surface area (Å²) >= 11 is 0. The van der Waals surface area contributed by atoms with Crippen LogP contribution in [0.4, 0.5) is 5.82 Å². The maximum absolute atomic E-state index is 10.9. The van der Waals surface area contributed by atoms with Crippen LogP contribution in [0.15, 0.2) is 17.1 Å². The minimum absolute atomic E-state index is 0.252. The number of nitrogens with zero attached hydrogens (tertiary/aromatic N) is 2. The molecule has 0 aromatic carbocycles. The van der Waals surface area contributed by atoms with Crippen molar-refractivity contribution in [2.75, 3.05) is 5.32 Å². The van der Waals surface area contributed by atoms with E-state index in [1.807, 2.05) is 0 Å². The molecule has 12 heavy (non-hydrogen) atoms. The third kappa shape index (κ3) is 2.02. The van der Waals surface area contributed by atoms with Gasteiger partial charge in [0.05, 0.1) is 0 Å². The Morgan fingerprint density at radius 3 is 2.92 bits per heavy atom. The molecular weight excluding hydrogens is 174 g/mol. The fourth-order valence-electron chi connectivity index (χ4n) is 0.653. The summed E-state index contributed by atoms with van der Waals surface area (Å²) in [5.74, 6) is -0.00406. The Hall–Kier alpha value is -1.43. The zero-order valence-corrected chi connectivity index (χ0v) is 7.37. The van der Waals surface area contributed by atoms with Crippen LogP contribution in [0.2, 0.25) is 0 Å². The Morgan fingerprint density at radius 2 is 2.42 bits per heavy atom. The van der Waals surface area contributed by atoms with Crippen molar-refractivity contribution in [3.05, 3.63) is 22.7 Å². The number of rotatable bonds is 1. The Balaban J connectivity index is 2.97. The predicted octanol–water partition coefficient (Wildman–Crippen LogP) is -0.867. The first kappa shape index (κ1) is 8.66. The summed E-state index contributed by atoms with van der Waals surface area (Å²) in [6.45, 7) is 1.35. The molecule has 0 saturated carbocycles. The van der Waals surface area contributed by atoms with Gasteiger partial charge in [-0.2, -0.15) is 4.98 Å². The summed E-state index contributed by atoms with van der Waals surface area (Å²) < 4.78 is 1.13. The summed E-state index contributed by atoms with van der Waals surface area (Å²) in [4.78, 5) is 25.0. The number of hydrogen-bond acceptors (Lipinski definition) is 3. The van der Waals surface area contributed by atoms with E-state index in [0.29, 0.717) is 0 Å². The second-order valence-corrected chi connectivity index (χ2v) is 2.63. The monoisotopic (exact) mass is 180 g/mol. The van der Waals surface area contributed by atoms with E-state index in [2.05, 4.69) is 20.7 Å². The molecule has 1 aromatic heterocycles. The van der Waals surface area contributed by atoms with Crippen LogP contribution in [-0.2, 0) is 4.79 Å². The minimum atomic E-state index is -0.474. The lowest BCUT2D eigenvalue weighted by atomic mass is 10.5. The maximum atomic E-state index is 10.9. The smallest absolute Gasteiger partial charge is 0.329 e. The molecule has 1 heterocycles. The van der Waals surface area contributed by atoms with Gasteiger partial charge in [-0.25, -0.2) is 4.79 Å². The first-order valence-electron chi connectivity index (χ1n) is 3.18. The number of carbonyl (C=O) groups excluding carboxylic acids is 1. The normalized spacial score (nSPS) is 9.50. The molecule has 0 fully saturated rings. The molecule has 0 aliphatic carbocycles. The van der Waals surface area contributed by atoms with Crippen molar-refractivity contribution in [3.8, 4) is 0 Å². The van der Waals surface area contributed by atoms with Crippen molar-refractivity contribution in [1.82, 2.24) is 9.22 Å². The van der Waals surface area contributed by atoms with Crippen LogP contribution in [0.1, 0.15) is 6.92 Å². The number of amides is 1. The third-order valence-corrected chi connectivity index (χ3v) is 1.45. The summed E-state index contributed by atoms with van der Waals surface area (Å²) in [6.07, 6.45) is 1.46. The van der Waals surface area contributed by atoms with E-state index in [-0.39, 0.29) is 11.7 Å². The van der Waals surface area contributed by atoms with E-state index in [1.54, 1.807) is 0 Å². The first-order chi connectivity index (χ1) is 5.59. The van der Waals surface area contributed by atoms with E-state index in [0.717, 1.165) is 4.23 Å². The lowest BCUT2D eigenvalue weighted by molar-refractivity contribution is -0.114. The van der Waals surface area contributed by atoms with Gasteiger partial charge in [-0.1, -0.05) is 0 Å². The van der Waals surface area contributed by atoms with Crippen LogP contribution in [0, 0.1) is 0 Å². The maximum Gasteiger partial charge on any atom is 0.341 e. The highest BCUT2D eigenvalue weighted by Gasteiger charge is 1.97. The largest absolute Gasteiger partial charge is 0.341 e. The van der Waals surface area contributed by atoms with Crippen molar-refractivity contribution < 1.29 is 4.79 Å². The van der Waals surface area contributed by atoms with Gasteiger partial charge in [0.15, 0.2) is 0 Å². The highest BCUT2D eigenvalue weighted by Crippen LogP contribution is 1.95. The zero-order chi connectivity index (χ0) is 9.14. The average molecular weight is 180 g/mol. The molecular formula is C6H6N3O2Si. The first-order valence-corrected chi connectivity index (χ1v) is 3.63. The van der Waals surface area contributed by atoms with Gasteiger partial charge in [-0.15, -0.1) is 0 Å². The van der Waals surface area contributed by atoms with Gasteiger partial charge in [0.1, 0.15) is 5.82 Å². The molecule has 1 amide bonds. The Kier molecular flexibility index (Phi) is 2.39. The third-order valence-electron chi connectivity index (χ3n) is 1.11. The van der Waals surface area contributed by atoms with Gasteiger partial charge >= 0.3 is 5.69 Å². The van der Waals surface area contributed by atoms with E-state index in [1.165, 1.54) is 19.2 Å². The fourth-order valence-corrected chi connectivity index (χ4v) is 0.778. The molecule has 0 saturated heterocycles. The molecule has 1 N–H and O–H groups in total. The number of hydrogen-bond donors (Lipinski definition) is 1. The summed E-state index contributed by atoms with van der Waals surface area (Å²) in [5, 5.41) is 2.39. The molecule has 1 rings (SSSR count). The Morgan fingerprint density at radius 1 is 1.75 bits per heavy atom. The van der Waals surface area contributed by atoms with Crippen LogP contribution in [0.3, 0.4) is 0 Å². The number of nitrogens with one attached hydrogen (secondary N) is 1. The van der Waals surface area contributed by atoms with Crippen LogP contribution in [0.5, 0.6) is 0 Å². The van der Waals surface area contributed by atoms with Crippen molar-refractivity contribution in [3.63, 3.8) is 0 Å². The zero-order valence-electron chi connectivity index (χ0n) is 6.37. The van der Waals surface area contributed by atoms with Gasteiger partial charge in [-0.05, 0) is 6.07 Å². The van der Waals surface area contributed by atoms with Gasteiger partial charge in [0, 0.05) is 13.1 Å². The van der Waals surface area contributed by atoms with Crippen LogP contribution in [0.25, 0.3) is 0 Å². The van der Waals surface area contributed by atoms with Gasteiger partial charge in [0.25, 0.3) is 0 Å². The van der Waals surface area contributed by atoms with Crippen molar-refractivity contribution >= 4 is 22.1 Å². The quantitative estimate of drug-likeness (QED) is 0.571. The molecule has 0 spiro atoms. The Labute approximate surface area is 71.9 Å². The van der Waals surface area contributed by atoms with Gasteiger partial charge in [-0.3, -0.25) is 4.79 Å². The summed E-state index contributed by atoms with van der Waals surface area (Å²) in [7, 11) is 2.97. The molecule has 0 unspecified atom stereocenters. The molecule has 0 bridgehead atoms. The van der Waals surface area contributed by atoms with Crippen LogP contribution in [-0.4, -0.2) is 25.5 Å². The van der Waals surface area contributed by atoms with Gasteiger partial charge in [0.2, 0.25) is 16.3 Å². The molecule has 5 nitrogen and oxygen atoms in total. The predicted molar refractivity (Wildman–Crippen MR) is 44.0 cm³/mol. The van der Waals surface area contributed by atoms with Crippen molar-refractivity contribution in [2.45, 2.75) is 6.92 Å². The van der Waals surface area contributed by atoms with E-state index >= 15 is 0 Å². The van der Waals surface area contributed by atoms with Crippen molar-refractivity contribution in [2.24, 2.45) is 0 Å². The lowest BCUT2D eigenvalue weighted by Gasteiger charge is -2.00. The second kappa shape index (κ2) is 3.31. The highest BCUT2D eigenvalue weighted by atomic mass is 28.2. The molecule has 0 atom stereocenters. The number of carbonyl (C=O) groups is 1. The SMILES string of the molecule is CC(=O)Nc1ccn([Si])c(=O)n1. The van der Waals surface area contributed by atoms with E-state index in [4.69, 9.17) is 0 Å². The molecule has 61 valence electrons. The van der Waals surface area contributed by atoms with Crippen LogP contribution < -0.4 is 11.0 Å². The molecule has 0 aliphatic rings. The lowest BCUT2D eigenvalue weighted by Crippen LogP contribution is -2.22. The highest BCUT2D eigenvalue weighted by molar-refractivity contribution is 6.06. The van der Waals surface area contributed by atoms with Crippen molar-refractivity contribution in [1.29, 1.82) is 0 Å². The summed E-state index contributed by atoms with van der Waals surface area (Å²) in [6, 6.07) is 1.51. The molecule has 6 heteroatoms. The second-order valence-electron chi connectivity index (χ2n) is 2.15. The van der Waals surface area contributed by atoms with E-state index < -0.39 is 5.69 Å². The minimum Gasteiger partial charge on any atom is -0.329 e. The topological polar surface area (TPSA) is 64.0 Å². The summed E-state index contributed by atoms with van der Waals surface area (Å²) in [5.41, 5.74) is -0.474. The van der Waals surface area contributed by atoms with Crippen LogP contribution >= 0.6 is 0 Å². The fraction of sp³-hybridized carbons (Fsp3) is 0.167. The average Bonchev–Trinajstić information content (AvgIpc) is 1.96. The van der Waals surface area contributed by atoms with Gasteiger partial charge < -0.3 is 9.55 Å². The number of anilines is 1. The molecule has 1 aromatic rings. The molecule has 3 radical (unpaired) electrons. The standard InChI is InChI=1S/C6H6N3O2Si/c1-4(10)7-5-2-3-9(12)6(11)8-5/h2-3H,1H3,(H,7,8,10,11). The number of aromatic nitrogens is 2. The Bertz CT molecular complexity index is 360. The molecule has 0 aliphatic heterocycles. The van der Waals surface area contributed by atoms with E-state index in [9.17, 15) is 9.59 Å².